The normalized spacial score (nSPS) is 20.9. The Kier molecular flexibility index (Phi) is 5.92. The van der Waals surface area contributed by atoms with Gasteiger partial charge in [-0.05, 0) is 80.8 Å². The summed E-state index contributed by atoms with van der Waals surface area (Å²) >= 11 is 0. The van der Waals surface area contributed by atoms with Crippen LogP contribution in [-0.4, -0.2) is 40.0 Å². The number of piperidine rings is 1. The molecule has 3 heterocycles. The standard InChI is InChI=1S/C31H32N6O2/c1-19-9-10-21-22(6-2-8-25(21)36-28(38)24-17-31(24)12-13-31)27(19)39-29-23(7-4-15-33-29)26-11-16-34-30(37-26)35-20-5-3-14-32-18-20/h2,4,6-11,15-16,20,24,32H,3,5,12-14,17-18H2,1H3,(H,36,38)(H,34,35,37)/t20-,24+/m0/s1. The summed E-state index contributed by atoms with van der Waals surface area (Å²) in [6, 6.07) is 16.1. The van der Waals surface area contributed by atoms with Crippen LogP contribution in [0.15, 0.2) is 60.9 Å². The van der Waals surface area contributed by atoms with Crippen LogP contribution < -0.4 is 20.7 Å². The van der Waals surface area contributed by atoms with E-state index >= 15 is 0 Å². The fraction of sp³-hybridized carbons (Fsp3) is 0.355. The number of rotatable bonds is 7. The number of benzene rings is 2. The van der Waals surface area contributed by atoms with E-state index in [1.807, 2.05) is 49.4 Å². The van der Waals surface area contributed by atoms with E-state index < -0.39 is 0 Å². The quantitative estimate of drug-likeness (QED) is 0.288. The number of amides is 1. The second-order valence-electron chi connectivity index (χ2n) is 11.1. The van der Waals surface area contributed by atoms with Crippen molar-refractivity contribution in [3.8, 4) is 22.9 Å². The average Bonchev–Trinajstić information content (AvgIpc) is 3.89. The van der Waals surface area contributed by atoms with E-state index in [2.05, 4.69) is 32.0 Å². The van der Waals surface area contributed by atoms with Crippen molar-refractivity contribution >= 4 is 28.3 Å². The van der Waals surface area contributed by atoms with Crippen LogP contribution in [0.4, 0.5) is 11.6 Å². The first-order chi connectivity index (χ1) is 19.1. The molecule has 1 aliphatic heterocycles. The Bertz CT molecular complexity index is 1560. The molecule has 0 bridgehead atoms. The number of nitrogens with zero attached hydrogens (tertiary/aromatic N) is 3. The fourth-order valence-electron chi connectivity index (χ4n) is 5.83. The number of nitrogens with one attached hydrogen (secondary N) is 3. The smallest absolute Gasteiger partial charge is 0.228 e. The molecule has 1 spiro atoms. The molecule has 0 radical (unpaired) electrons. The lowest BCUT2D eigenvalue weighted by molar-refractivity contribution is -0.117. The average molecular weight is 521 g/mol. The predicted octanol–water partition coefficient (Wildman–Crippen LogP) is 5.70. The fourth-order valence-corrected chi connectivity index (χ4v) is 5.83. The van der Waals surface area contributed by atoms with E-state index in [4.69, 9.17) is 9.72 Å². The zero-order valence-corrected chi connectivity index (χ0v) is 22.0. The number of aryl methyl sites for hydroxylation is 1. The van der Waals surface area contributed by atoms with Gasteiger partial charge in [0, 0.05) is 47.4 Å². The molecule has 4 aromatic rings. The van der Waals surface area contributed by atoms with Gasteiger partial charge < -0.3 is 20.7 Å². The van der Waals surface area contributed by atoms with Gasteiger partial charge in [-0.2, -0.15) is 0 Å². The molecule has 8 heteroatoms. The summed E-state index contributed by atoms with van der Waals surface area (Å²) in [5, 5.41) is 11.9. The van der Waals surface area contributed by atoms with Gasteiger partial charge in [0.2, 0.25) is 17.7 Å². The molecule has 2 atom stereocenters. The number of carbonyl (C=O) groups is 1. The van der Waals surface area contributed by atoms with Crippen LogP contribution >= 0.6 is 0 Å². The van der Waals surface area contributed by atoms with Crippen molar-refractivity contribution in [2.24, 2.45) is 11.3 Å². The highest BCUT2D eigenvalue weighted by atomic mass is 16.5. The first-order valence-electron chi connectivity index (χ1n) is 13.9. The highest BCUT2D eigenvalue weighted by Gasteiger charge is 2.65. The van der Waals surface area contributed by atoms with Gasteiger partial charge in [-0.15, -0.1) is 0 Å². The molecule has 7 rings (SSSR count). The summed E-state index contributed by atoms with van der Waals surface area (Å²) in [5.74, 6) is 2.08. The second-order valence-corrected chi connectivity index (χ2v) is 11.1. The summed E-state index contributed by atoms with van der Waals surface area (Å²) in [4.78, 5) is 26.7. The lowest BCUT2D eigenvalue weighted by Gasteiger charge is -2.23. The number of anilines is 2. The molecule has 1 saturated heterocycles. The summed E-state index contributed by atoms with van der Waals surface area (Å²) in [7, 11) is 0. The minimum atomic E-state index is 0.132. The Labute approximate surface area is 227 Å². The largest absolute Gasteiger partial charge is 0.437 e. The molecule has 39 heavy (non-hydrogen) atoms. The molecule has 198 valence electrons. The first-order valence-corrected chi connectivity index (χ1v) is 13.9. The molecule has 0 unspecified atom stereocenters. The first kappa shape index (κ1) is 24.0. The summed E-state index contributed by atoms with van der Waals surface area (Å²) in [6.07, 6.45) is 9.11. The summed E-state index contributed by atoms with van der Waals surface area (Å²) < 4.78 is 6.55. The van der Waals surface area contributed by atoms with E-state index in [1.54, 1.807) is 12.4 Å². The molecule has 3 N–H and O–H groups in total. The highest BCUT2D eigenvalue weighted by Crippen LogP contribution is 2.70. The van der Waals surface area contributed by atoms with Crippen LogP contribution in [-0.2, 0) is 4.79 Å². The predicted molar refractivity (Wildman–Crippen MR) is 152 cm³/mol. The Morgan fingerprint density at radius 3 is 2.79 bits per heavy atom. The van der Waals surface area contributed by atoms with E-state index in [9.17, 15) is 4.79 Å². The number of fused-ring (bicyclic) bond motifs is 1. The third-order valence-electron chi connectivity index (χ3n) is 8.40. The molecular weight excluding hydrogens is 488 g/mol. The molecule has 2 saturated carbocycles. The zero-order valence-electron chi connectivity index (χ0n) is 22.0. The van der Waals surface area contributed by atoms with E-state index in [1.165, 1.54) is 12.8 Å². The van der Waals surface area contributed by atoms with Crippen LogP contribution in [0.5, 0.6) is 11.6 Å². The van der Waals surface area contributed by atoms with Crippen molar-refractivity contribution in [3.05, 3.63) is 66.5 Å². The van der Waals surface area contributed by atoms with Crippen molar-refractivity contribution in [1.82, 2.24) is 20.3 Å². The molecule has 2 aromatic carbocycles. The summed E-state index contributed by atoms with van der Waals surface area (Å²) in [6.45, 7) is 3.98. The van der Waals surface area contributed by atoms with Crippen molar-refractivity contribution < 1.29 is 9.53 Å². The molecule has 2 aliphatic carbocycles. The Morgan fingerprint density at radius 2 is 1.97 bits per heavy atom. The zero-order chi connectivity index (χ0) is 26.4. The van der Waals surface area contributed by atoms with Gasteiger partial charge in [-0.3, -0.25) is 4.79 Å². The van der Waals surface area contributed by atoms with Crippen LogP contribution in [0, 0.1) is 18.3 Å². The maximum absolute atomic E-state index is 12.9. The Morgan fingerprint density at radius 1 is 1.05 bits per heavy atom. The van der Waals surface area contributed by atoms with Crippen LogP contribution in [0.1, 0.15) is 37.7 Å². The van der Waals surface area contributed by atoms with Crippen molar-refractivity contribution in [3.63, 3.8) is 0 Å². The molecule has 8 nitrogen and oxygen atoms in total. The summed E-state index contributed by atoms with van der Waals surface area (Å²) in [5.41, 5.74) is 3.64. The minimum Gasteiger partial charge on any atom is -0.437 e. The number of ether oxygens (including phenoxy) is 1. The second kappa shape index (κ2) is 9.61. The van der Waals surface area contributed by atoms with Gasteiger partial charge >= 0.3 is 0 Å². The lowest BCUT2D eigenvalue weighted by atomic mass is 10.0. The number of carbonyl (C=O) groups excluding carboxylic acids is 1. The Balaban J connectivity index is 1.18. The van der Waals surface area contributed by atoms with Crippen LogP contribution in [0.2, 0.25) is 0 Å². The maximum atomic E-state index is 12.9. The Hall–Kier alpha value is -4.04. The third-order valence-corrected chi connectivity index (χ3v) is 8.40. The van der Waals surface area contributed by atoms with E-state index in [0.717, 1.165) is 65.6 Å². The van der Waals surface area contributed by atoms with Gasteiger partial charge in [0.1, 0.15) is 5.75 Å². The van der Waals surface area contributed by atoms with Gasteiger partial charge in [0.05, 0.1) is 11.3 Å². The highest BCUT2D eigenvalue weighted by molar-refractivity contribution is 6.06. The SMILES string of the molecule is Cc1ccc2c(NC(=O)[C@H]3CC34CC4)cccc2c1Oc1ncccc1-c1ccnc(N[C@H]2CCCNC2)n1. The number of pyridine rings is 1. The van der Waals surface area contributed by atoms with Crippen LogP contribution in [0.3, 0.4) is 0 Å². The van der Waals surface area contributed by atoms with E-state index in [0.29, 0.717) is 29.0 Å². The third kappa shape index (κ3) is 4.69. The van der Waals surface area contributed by atoms with Crippen molar-refractivity contribution in [1.29, 1.82) is 0 Å². The molecule has 3 aliphatic rings. The topological polar surface area (TPSA) is 101 Å². The minimum absolute atomic E-state index is 0.132. The lowest BCUT2D eigenvalue weighted by Crippen LogP contribution is -2.38. The monoisotopic (exact) mass is 520 g/mol. The number of hydrogen-bond acceptors (Lipinski definition) is 7. The van der Waals surface area contributed by atoms with Gasteiger partial charge in [0.15, 0.2) is 0 Å². The van der Waals surface area contributed by atoms with Gasteiger partial charge in [0.25, 0.3) is 0 Å². The van der Waals surface area contributed by atoms with E-state index in [-0.39, 0.29) is 11.8 Å². The van der Waals surface area contributed by atoms with Gasteiger partial charge in [-0.1, -0.05) is 24.3 Å². The molecule has 3 fully saturated rings. The number of hydrogen-bond donors (Lipinski definition) is 3. The van der Waals surface area contributed by atoms with Crippen molar-refractivity contribution in [2.75, 3.05) is 23.7 Å². The molecular formula is C31H32N6O2. The van der Waals surface area contributed by atoms with Crippen LogP contribution in [0.25, 0.3) is 22.0 Å². The van der Waals surface area contributed by atoms with Gasteiger partial charge in [-0.25, -0.2) is 15.0 Å². The number of aromatic nitrogens is 3. The maximum Gasteiger partial charge on any atom is 0.228 e. The van der Waals surface area contributed by atoms with Crippen molar-refractivity contribution in [2.45, 2.75) is 45.1 Å². The molecule has 2 aromatic heterocycles. The molecule has 1 amide bonds.